The van der Waals surface area contributed by atoms with Crippen LogP contribution in [0.1, 0.15) is 19.4 Å². The average Bonchev–Trinajstić information content (AvgIpc) is 2.60. The Kier molecular flexibility index (Phi) is 6.83. The zero-order chi connectivity index (χ0) is 18.2. The minimum Gasteiger partial charge on any atom is -0.376 e. The van der Waals surface area contributed by atoms with Crippen LogP contribution in [0.4, 0.5) is 11.4 Å². The summed E-state index contributed by atoms with van der Waals surface area (Å²) in [5.74, 6) is -0.141. The molecule has 0 aliphatic carbocycles. The van der Waals surface area contributed by atoms with E-state index in [4.69, 9.17) is 11.6 Å². The van der Waals surface area contributed by atoms with Gasteiger partial charge in [-0.25, -0.2) is 0 Å². The maximum atomic E-state index is 12.1. The maximum Gasteiger partial charge on any atom is 0.243 e. The molecule has 0 saturated carbocycles. The highest BCUT2D eigenvalue weighted by molar-refractivity contribution is 6.33. The zero-order valence-electron chi connectivity index (χ0n) is 14.4. The van der Waals surface area contributed by atoms with Crippen LogP contribution in [0.3, 0.4) is 0 Å². The van der Waals surface area contributed by atoms with Gasteiger partial charge in [0.2, 0.25) is 11.8 Å². The van der Waals surface area contributed by atoms with E-state index in [2.05, 4.69) is 10.6 Å². The molecule has 0 atom stereocenters. The van der Waals surface area contributed by atoms with Crippen LogP contribution >= 0.6 is 11.6 Å². The number of benzene rings is 2. The van der Waals surface area contributed by atoms with Crippen LogP contribution in [0.25, 0.3) is 0 Å². The lowest BCUT2D eigenvalue weighted by molar-refractivity contribution is -0.129. The number of para-hydroxylation sites is 1. The number of anilines is 2. The molecule has 0 aliphatic rings. The molecule has 0 spiro atoms. The van der Waals surface area contributed by atoms with Gasteiger partial charge in [-0.2, -0.15) is 0 Å². The van der Waals surface area contributed by atoms with Crippen LogP contribution in [0.2, 0.25) is 5.02 Å². The van der Waals surface area contributed by atoms with Crippen molar-refractivity contribution in [2.75, 3.05) is 23.7 Å². The molecule has 2 N–H and O–H groups in total. The van der Waals surface area contributed by atoms with E-state index in [0.29, 0.717) is 23.8 Å². The monoisotopic (exact) mass is 359 g/mol. The van der Waals surface area contributed by atoms with Gasteiger partial charge >= 0.3 is 0 Å². The van der Waals surface area contributed by atoms with Gasteiger partial charge < -0.3 is 15.5 Å². The Morgan fingerprint density at radius 3 is 2.56 bits per heavy atom. The molecule has 2 rings (SSSR count). The summed E-state index contributed by atoms with van der Waals surface area (Å²) in [7, 11) is 0. The van der Waals surface area contributed by atoms with E-state index in [1.165, 1.54) is 0 Å². The first kappa shape index (κ1) is 18.8. The van der Waals surface area contributed by atoms with Crippen LogP contribution in [0.5, 0.6) is 0 Å². The van der Waals surface area contributed by atoms with E-state index in [1.54, 1.807) is 24.0 Å². The standard InChI is InChI=1S/C19H22ClN3O2/c1-3-23(14(2)24)13-15-7-6-8-16(11-15)21-12-19(25)22-18-10-5-4-9-17(18)20/h4-11,21H,3,12-13H2,1-2H3,(H,22,25). The molecule has 0 fully saturated rings. The van der Waals surface area contributed by atoms with Gasteiger partial charge in [-0.3, -0.25) is 9.59 Å². The maximum absolute atomic E-state index is 12.1. The zero-order valence-corrected chi connectivity index (χ0v) is 15.1. The van der Waals surface area contributed by atoms with Crippen LogP contribution < -0.4 is 10.6 Å². The SMILES string of the molecule is CCN(Cc1cccc(NCC(=O)Nc2ccccc2Cl)c1)C(C)=O. The number of hydrogen-bond acceptors (Lipinski definition) is 3. The highest BCUT2D eigenvalue weighted by atomic mass is 35.5. The van der Waals surface area contributed by atoms with E-state index in [0.717, 1.165) is 11.3 Å². The Morgan fingerprint density at radius 1 is 1.12 bits per heavy atom. The number of amides is 2. The average molecular weight is 360 g/mol. The van der Waals surface area contributed by atoms with Crippen molar-refractivity contribution in [1.29, 1.82) is 0 Å². The highest BCUT2D eigenvalue weighted by Crippen LogP contribution is 2.20. The molecule has 6 heteroatoms. The van der Waals surface area contributed by atoms with E-state index >= 15 is 0 Å². The summed E-state index contributed by atoms with van der Waals surface area (Å²) in [6.45, 7) is 4.84. The Labute approximate surface area is 153 Å². The van der Waals surface area contributed by atoms with E-state index in [-0.39, 0.29) is 18.4 Å². The number of carbonyl (C=O) groups excluding carboxylic acids is 2. The number of rotatable bonds is 7. The number of halogens is 1. The predicted molar refractivity (Wildman–Crippen MR) is 102 cm³/mol. The molecule has 5 nitrogen and oxygen atoms in total. The molecule has 0 radical (unpaired) electrons. The van der Waals surface area contributed by atoms with Gasteiger partial charge in [0.1, 0.15) is 0 Å². The van der Waals surface area contributed by atoms with E-state index in [1.807, 2.05) is 43.3 Å². The molecule has 0 aliphatic heterocycles. The van der Waals surface area contributed by atoms with Crippen molar-refractivity contribution in [3.05, 3.63) is 59.1 Å². The molecule has 0 aromatic heterocycles. The number of nitrogens with zero attached hydrogens (tertiary/aromatic N) is 1. The smallest absolute Gasteiger partial charge is 0.243 e. The fourth-order valence-corrected chi connectivity index (χ4v) is 2.57. The van der Waals surface area contributed by atoms with E-state index in [9.17, 15) is 9.59 Å². The van der Waals surface area contributed by atoms with Crippen LogP contribution in [-0.4, -0.2) is 29.8 Å². The normalized spacial score (nSPS) is 10.2. The molecule has 2 aromatic rings. The second kappa shape index (κ2) is 9.08. The van der Waals surface area contributed by atoms with Gasteiger partial charge in [-0.05, 0) is 36.8 Å². The third kappa shape index (κ3) is 5.80. The quantitative estimate of drug-likeness (QED) is 0.791. The molecule has 2 aromatic carbocycles. The fourth-order valence-electron chi connectivity index (χ4n) is 2.39. The Balaban J connectivity index is 1.92. The second-order valence-corrected chi connectivity index (χ2v) is 6.02. The van der Waals surface area contributed by atoms with Crippen LogP contribution in [-0.2, 0) is 16.1 Å². The van der Waals surface area contributed by atoms with Crippen molar-refractivity contribution >= 4 is 34.8 Å². The molecule has 0 saturated heterocycles. The minimum atomic E-state index is -0.183. The molecular weight excluding hydrogens is 338 g/mol. The third-order valence-electron chi connectivity index (χ3n) is 3.73. The summed E-state index contributed by atoms with van der Waals surface area (Å²) in [6, 6.07) is 14.8. The summed E-state index contributed by atoms with van der Waals surface area (Å²) in [5.41, 5.74) is 2.42. The Morgan fingerprint density at radius 2 is 1.88 bits per heavy atom. The van der Waals surface area contributed by atoms with Gasteiger partial charge in [0.15, 0.2) is 0 Å². The topological polar surface area (TPSA) is 61.4 Å². The molecule has 0 unspecified atom stereocenters. The van der Waals surface area contributed by atoms with E-state index < -0.39 is 0 Å². The molecule has 132 valence electrons. The second-order valence-electron chi connectivity index (χ2n) is 5.62. The first-order valence-corrected chi connectivity index (χ1v) is 8.50. The van der Waals surface area contributed by atoms with Gasteiger partial charge in [0, 0.05) is 25.7 Å². The number of hydrogen-bond donors (Lipinski definition) is 2. The third-order valence-corrected chi connectivity index (χ3v) is 4.06. The minimum absolute atomic E-state index is 0.0416. The van der Waals surface area contributed by atoms with Gasteiger partial charge in [0.05, 0.1) is 17.3 Å². The highest BCUT2D eigenvalue weighted by Gasteiger charge is 2.08. The molecule has 25 heavy (non-hydrogen) atoms. The van der Waals surface area contributed by atoms with Crippen molar-refractivity contribution in [1.82, 2.24) is 4.90 Å². The summed E-state index contributed by atoms with van der Waals surface area (Å²) in [5, 5.41) is 6.35. The number of nitrogens with one attached hydrogen (secondary N) is 2. The van der Waals surface area contributed by atoms with Crippen molar-refractivity contribution in [2.24, 2.45) is 0 Å². The van der Waals surface area contributed by atoms with Crippen LogP contribution in [0, 0.1) is 0 Å². The lowest BCUT2D eigenvalue weighted by Gasteiger charge is -2.19. The predicted octanol–water partition coefficient (Wildman–Crippen LogP) is 3.76. The summed E-state index contributed by atoms with van der Waals surface area (Å²) >= 11 is 6.03. The Hall–Kier alpha value is -2.53. The summed E-state index contributed by atoms with van der Waals surface area (Å²) < 4.78 is 0. The Bertz CT molecular complexity index is 749. The lowest BCUT2D eigenvalue weighted by Crippen LogP contribution is -2.27. The molecule has 0 heterocycles. The van der Waals surface area contributed by atoms with Crippen molar-refractivity contribution in [3.8, 4) is 0 Å². The molecular formula is C19H22ClN3O2. The first-order chi connectivity index (χ1) is 12.0. The van der Waals surface area contributed by atoms with Crippen molar-refractivity contribution < 1.29 is 9.59 Å². The van der Waals surface area contributed by atoms with Crippen molar-refractivity contribution in [2.45, 2.75) is 20.4 Å². The summed E-state index contributed by atoms with van der Waals surface area (Å²) in [4.78, 5) is 25.3. The van der Waals surface area contributed by atoms with Gasteiger partial charge in [-0.15, -0.1) is 0 Å². The summed E-state index contributed by atoms with van der Waals surface area (Å²) in [6.07, 6.45) is 0. The van der Waals surface area contributed by atoms with Gasteiger partial charge in [-0.1, -0.05) is 35.9 Å². The van der Waals surface area contributed by atoms with Gasteiger partial charge in [0.25, 0.3) is 0 Å². The number of carbonyl (C=O) groups is 2. The van der Waals surface area contributed by atoms with Crippen molar-refractivity contribution in [3.63, 3.8) is 0 Å². The molecule has 0 bridgehead atoms. The lowest BCUT2D eigenvalue weighted by atomic mass is 10.2. The fraction of sp³-hybridized carbons (Fsp3) is 0.263. The van der Waals surface area contributed by atoms with Crippen LogP contribution in [0.15, 0.2) is 48.5 Å². The largest absolute Gasteiger partial charge is 0.376 e. The first-order valence-electron chi connectivity index (χ1n) is 8.12. The molecule has 2 amide bonds.